The lowest BCUT2D eigenvalue weighted by molar-refractivity contribution is 0.737. The van der Waals surface area contributed by atoms with Gasteiger partial charge in [-0.3, -0.25) is 15.1 Å². The van der Waals surface area contributed by atoms with Crippen LogP contribution in [0.25, 0.3) is 27.4 Å². The summed E-state index contributed by atoms with van der Waals surface area (Å²) in [4.78, 5) is 9.03. The molecular formula is C20H18N6. The lowest BCUT2D eigenvalue weighted by atomic mass is 9.99. The van der Waals surface area contributed by atoms with E-state index in [0.29, 0.717) is 0 Å². The molecule has 4 aromatic rings. The zero-order valence-electron chi connectivity index (χ0n) is 14.2. The first-order valence-electron chi connectivity index (χ1n) is 8.73. The highest BCUT2D eigenvalue weighted by atomic mass is 15.2. The number of pyridine rings is 2. The third-order valence-electron chi connectivity index (χ3n) is 4.72. The zero-order chi connectivity index (χ0) is 17.3. The molecule has 0 bridgehead atoms. The van der Waals surface area contributed by atoms with Crippen LogP contribution in [-0.4, -0.2) is 33.3 Å². The van der Waals surface area contributed by atoms with Crippen molar-refractivity contribution < 1.29 is 0 Å². The molecule has 0 atom stereocenters. The number of aromatic amines is 1. The first-order valence-corrected chi connectivity index (χ1v) is 8.73. The molecule has 1 aliphatic heterocycles. The molecule has 3 N–H and O–H groups in total. The van der Waals surface area contributed by atoms with Crippen LogP contribution in [0.5, 0.6) is 0 Å². The van der Waals surface area contributed by atoms with Gasteiger partial charge in [0.15, 0.2) is 5.82 Å². The molecule has 0 saturated carbocycles. The molecule has 0 saturated heterocycles. The van der Waals surface area contributed by atoms with Gasteiger partial charge in [0, 0.05) is 30.0 Å². The van der Waals surface area contributed by atoms with Crippen LogP contribution in [0.15, 0.2) is 54.9 Å². The molecule has 0 radical (unpaired) electrons. The molecular weight excluding hydrogens is 324 g/mol. The number of benzene rings is 1. The van der Waals surface area contributed by atoms with Crippen LogP contribution in [0.2, 0.25) is 0 Å². The Morgan fingerprint density at radius 3 is 2.96 bits per heavy atom. The maximum absolute atomic E-state index is 4.63. The van der Waals surface area contributed by atoms with Gasteiger partial charge in [-0.2, -0.15) is 5.10 Å². The maximum atomic E-state index is 4.63. The van der Waals surface area contributed by atoms with Crippen LogP contribution in [0.1, 0.15) is 12.1 Å². The normalized spacial score (nSPS) is 14.5. The third kappa shape index (κ3) is 2.60. The summed E-state index contributed by atoms with van der Waals surface area (Å²) in [6.45, 7) is 1.91. The summed E-state index contributed by atoms with van der Waals surface area (Å²) >= 11 is 0. The number of fused-ring (bicyclic) bond motifs is 2. The molecule has 6 nitrogen and oxygen atoms in total. The van der Waals surface area contributed by atoms with Gasteiger partial charge >= 0.3 is 0 Å². The van der Waals surface area contributed by atoms with E-state index in [4.69, 9.17) is 0 Å². The molecule has 6 heteroatoms. The van der Waals surface area contributed by atoms with Gasteiger partial charge < -0.3 is 10.6 Å². The van der Waals surface area contributed by atoms with Crippen molar-refractivity contribution in [3.05, 3.63) is 60.6 Å². The van der Waals surface area contributed by atoms with Gasteiger partial charge in [-0.05, 0) is 54.3 Å². The van der Waals surface area contributed by atoms with Gasteiger partial charge in [-0.1, -0.05) is 12.1 Å². The molecule has 0 amide bonds. The second-order valence-electron chi connectivity index (χ2n) is 6.38. The largest absolute Gasteiger partial charge is 0.337 e. The average molecular weight is 342 g/mol. The number of rotatable bonds is 3. The fourth-order valence-corrected chi connectivity index (χ4v) is 3.43. The van der Waals surface area contributed by atoms with Crippen LogP contribution in [0.4, 0.5) is 11.5 Å². The van der Waals surface area contributed by atoms with Crippen LogP contribution in [0, 0.1) is 0 Å². The molecule has 0 unspecified atom stereocenters. The highest BCUT2D eigenvalue weighted by Crippen LogP contribution is 2.29. The van der Waals surface area contributed by atoms with E-state index < -0.39 is 0 Å². The predicted molar refractivity (Wildman–Crippen MR) is 104 cm³/mol. The van der Waals surface area contributed by atoms with Crippen molar-refractivity contribution in [2.24, 2.45) is 0 Å². The quantitative estimate of drug-likeness (QED) is 0.530. The van der Waals surface area contributed by atoms with E-state index in [-0.39, 0.29) is 0 Å². The van der Waals surface area contributed by atoms with Crippen molar-refractivity contribution >= 4 is 38.9 Å². The van der Waals surface area contributed by atoms with Crippen molar-refractivity contribution in [3.63, 3.8) is 0 Å². The summed E-state index contributed by atoms with van der Waals surface area (Å²) in [6, 6.07) is 12.2. The first kappa shape index (κ1) is 15.0. The Balaban J connectivity index is 1.53. The molecule has 4 heterocycles. The van der Waals surface area contributed by atoms with Gasteiger partial charge in [0.05, 0.1) is 11.2 Å². The Kier molecular flexibility index (Phi) is 3.61. The van der Waals surface area contributed by atoms with Gasteiger partial charge in [0.25, 0.3) is 0 Å². The monoisotopic (exact) mass is 342 g/mol. The lowest BCUT2D eigenvalue weighted by Crippen LogP contribution is -2.20. The van der Waals surface area contributed by atoms with Crippen LogP contribution in [0.3, 0.4) is 0 Å². The minimum absolute atomic E-state index is 0.732. The van der Waals surface area contributed by atoms with Crippen LogP contribution in [-0.2, 0) is 0 Å². The van der Waals surface area contributed by atoms with Gasteiger partial charge in [-0.25, -0.2) is 0 Å². The van der Waals surface area contributed by atoms with Crippen molar-refractivity contribution in [3.8, 4) is 0 Å². The minimum atomic E-state index is 0.732. The van der Waals surface area contributed by atoms with Crippen molar-refractivity contribution in [1.29, 1.82) is 0 Å². The molecule has 5 rings (SSSR count). The minimum Gasteiger partial charge on any atom is -0.337 e. The summed E-state index contributed by atoms with van der Waals surface area (Å²) in [5, 5.41) is 16.4. The topological polar surface area (TPSA) is 78.5 Å². The fraction of sp³-hybridized carbons (Fsp3) is 0.150. The number of nitrogens with zero attached hydrogens (tertiary/aromatic N) is 3. The molecule has 128 valence electrons. The summed E-state index contributed by atoms with van der Waals surface area (Å²) < 4.78 is 0. The van der Waals surface area contributed by atoms with E-state index in [2.05, 4.69) is 55.1 Å². The molecule has 0 aliphatic carbocycles. The highest BCUT2D eigenvalue weighted by Gasteiger charge is 2.12. The SMILES string of the molecule is C1=C(c2nccc3cc(Nc4n[nH]c5cccnc45)ccc23)CCNC1. The van der Waals surface area contributed by atoms with E-state index in [1.165, 1.54) is 11.0 Å². The second-order valence-corrected chi connectivity index (χ2v) is 6.38. The fourth-order valence-electron chi connectivity index (χ4n) is 3.43. The van der Waals surface area contributed by atoms with Crippen molar-refractivity contribution in [1.82, 2.24) is 25.5 Å². The standard InChI is InChI=1S/C20H18N6/c1-2-17-19(22-8-1)20(26-25-17)24-15-3-4-16-14(12-15)7-11-23-18(16)13-5-9-21-10-6-13/h1-5,7-8,11-12,21H,6,9-10H2,(H2,24,25,26). The Hall–Kier alpha value is -3.25. The van der Waals surface area contributed by atoms with E-state index in [9.17, 15) is 0 Å². The Bertz CT molecular complexity index is 1130. The number of aromatic nitrogens is 4. The van der Waals surface area contributed by atoms with Crippen molar-refractivity contribution in [2.45, 2.75) is 6.42 Å². The summed E-state index contributed by atoms with van der Waals surface area (Å²) in [5.74, 6) is 0.732. The lowest BCUT2D eigenvalue weighted by Gasteiger charge is -2.15. The van der Waals surface area contributed by atoms with Gasteiger partial charge in [0.2, 0.25) is 0 Å². The Morgan fingerprint density at radius 1 is 1.04 bits per heavy atom. The molecule has 0 spiro atoms. The molecule has 1 aromatic carbocycles. The molecule has 3 aromatic heterocycles. The third-order valence-corrected chi connectivity index (χ3v) is 4.72. The smallest absolute Gasteiger partial charge is 0.178 e. The number of nitrogens with one attached hydrogen (secondary N) is 3. The maximum Gasteiger partial charge on any atom is 0.178 e. The van der Waals surface area contributed by atoms with E-state index in [0.717, 1.165) is 53.1 Å². The number of H-pyrrole nitrogens is 1. The number of hydrogen-bond donors (Lipinski definition) is 3. The molecule has 0 fully saturated rings. The molecule has 26 heavy (non-hydrogen) atoms. The van der Waals surface area contributed by atoms with E-state index in [1.807, 2.05) is 24.4 Å². The Labute approximate surface area is 150 Å². The van der Waals surface area contributed by atoms with Gasteiger partial charge in [-0.15, -0.1) is 0 Å². The van der Waals surface area contributed by atoms with Crippen molar-refractivity contribution in [2.75, 3.05) is 18.4 Å². The molecule has 1 aliphatic rings. The summed E-state index contributed by atoms with van der Waals surface area (Å²) in [5.41, 5.74) is 5.14. The van der Waals surface area contributed by atoms with Crippen LogP contribution >= 0.6 is 0 Å². The number of hydrogen-bond acceptors (Lipinski definition) is 5. The number of anilines is 2. The van der Waals surface area contributed by atoms with E-state index in [1.54, 1.807) is 6.20 Å². The second kappa shape index (κ2) is 6.24. The summed E-state index contributed by atoms with van der Waals surface area (Å²) in [6.07, 6.45) is 6.90. The Morgan fingerprint density at radius 2 is 2.04 bits per heavy atom. The van der Waals surface area contributed by atoms with Crippen LogP contribution < -0.4 is 10.6 Å². The zero-order valence-corrected chi connectivity index (χ0v) is 14.2. The average Bonchev–Trinajstić information content (AvgIpc) is 3.11. The highest BCUT2D eigenvalue weighted by molar-refractivity contribution is 5.95. The summed E-state index contributed by atoms with van der Waals surface area (Å²) in [7, 11) is 0. The van der Waals surface area contributed by atoms with E-state index >= 15 is 0 Å². The predicted octanol–water partition coefficient (Wildman–Crippen LogP) is 3.63. The van der Waals surface area contributed by atoms with Gasteiger partial charge in [0.1, 0.15) is 5.52 Å². The first-order chi connectivity index (χ1) is 12.9.